The Morgan fingerprint density at radius 2 is 1.74 bits per heavy atom. The molecule has 0 amide bonds. The van der Waals surface area contributed by atoms with Gasteiger partial charge in [0, 0.05) is 11.8 Å². The highest BCUT2D eigenvalue weighted by Gasteiger charge is 2.32. The second kappa shape index (κ2) is 4.74. The van der Waals surface area contributed by atoms with E-state index in [0.29, 0.717) is 6.42 Å². The molecule has 19 heavy (non-hydrogen) atoms. The number of hydrogen-bond acceptors (Lipinski definition) is 1. The van der Waals surface area contributed by atoms with Crippen molar-refractivity contribution in [3.63, 3.8) is 0 Å². The zero-order chi connectivity index (χ0) is 13.1. The van der Waals surface area contributed by atoms with Gasteiger partial charge in [-0.15, -0.1) is 0 Å². The van der Waals surface area contributed by atoms with Crippen molar-refractivity contribution in [2.75, 3.05) is 0 Å². The van der Waals surface area contributed by atoms with Gasteiger partial charge in [0.2, 0.25) is 0 Å². The average molecular weight is 245 g/mol. The van der Waals surface area contributed by atoms with Crippen molar-refractivity contribution in [3.8, 4) is 6.07 Å². The molecule has 0 spiro atoms. The maximum Gasteiger partial charge on any atom is 0.0634 e. The lowest BCUT2D eigenvalue weighted by Gasteiger charge is -2.32. The Kier molecular flexibility index (Phi) is 2.93. The van der Waals surface area contributed by atoms with E-state index < -0.39 is 0 Å². The van der Waals surface area contributed by atoms with Crippen molar-refractivity contribution in [2.24, 2.45) is 0 Å². The van der Waals surface area contributed by atoms with E-state index in [9.17, 15) is 5.26 Å². The minimum absolute atomic E-state index is 0.176. The van der Waals surface area contributed by atoms with Crippen LogP contribution >= 0.6 is 0 Å². The van der Waals surface area contributed by atoms with E-state index >= 15 is 0 Å². The van der Waals surface area contributed by atoms with E-state index in [4.69, 9.17) is 0 Å². The number of hydrogen-bond donors (Lipinski definition) is 0. The third kappa shape index (κ3) is 2.06. The van der Waals surface area contributed by atoms with E-state index in [1.165, 1.54) is 16.7 Å². The Labute approximate surface area is 113 Å². The molecule has 0 bridgehead atoms. The van der Waals surface area contributed by atoms with Crippen molar-refractivity contribution in [2.45, 2.75) is 18.3 Å². The van der Waals surface area contributed by atoms with Gasteiger partial charge in [0.05, 0.1) is 6.07 Å². The first kappa shape index (κ1) is 11.7. The quantitative estimate of drug-likeness (QED) is 0.781. The standard InChI is InChI=1S/C18H15N/c19-13-12-18(17-8-2-1-3-9-17)11-10-15-6-4-5-7-16(15)14-18/h1-11H,12,14H2. The molecule has 1 atom stereocenters. The monoisotopic (exact) mass is 245 g/mol. The summed E-state index contributed by atoms with van der Waals surface area (Å²) >= 11 is 0. The SMILES string of the molecule is N#CCC1(c2ccccc2)C=Cc2ccccc2C1. The molecule has 0 aromatic heterocycles. The summed E-state index contributed by atoms with van der Waals surface area (Å²) < 4.78 is 0. The molecular weight excluding hydrogens is 230 g/mol. The van der Waals surface area contributed by atoms with Crippen LogP contribution < -0.4 is 0 Å². The van der Waals surface area contributed by atoms with Crippen molar-refractivity contribution >= 4 is 6.08 Å². The maximum atomic E-state index is 9.21. The summed E-state index contributed by atoms with van der Waals surface area (Å²) in [5.74, 6) is 0. The fourth-order valence-electron chi connectivity index (χ4n) is 2.84. The van der Waals surface area contributed by atoms with Crippen LogP contribution in [0.1, 0.15) is 23.1 Å². The zero-order valence-corrected chi connectivity index (χ0v) is 10.7. The molecule has 1 aliphatic carbocycles. The topological polar surface area (TPSA) is 23.8 Å². The molecule has 0 heterocycles. The summed E-state index contributed by atoms with van der Waals surface area (Å²) in [6, 6.07) is 21.1. The molecule has 1 heteroatoms. The number of nitriles is 1. The van der Waals surface area contributed by atoms with Crippen LogP contribution in [0.2, 0.25) is 0 Å². The molecule has 2 aromatic carbocycles. The highest BCUT2D eigenvalue weighted by molar-refractivity contribution is 5.61. The number of benzene rings is 2. The Hall–Kier alpha value is -2.33. The number of allylic oxidation sites excluding steroid dienone is 1. The van der Waals surface area contributed by atoms with Gasteiger partial charge < -0.3 is 0 Å². The first-order valence-electron chi connectivity index (χ1n) is 6.54. The molecule has 0 aliphatic heterocycles. The maximum absolute atomic E-state index is 9.21. The van der Waals surface area contributed by atoms with Crippen LogP contribution in [0.3, 0.4) is 0 Å². The van der Waals surface area contributed by atoms with Gasteiger partial charge in [-0.2, -0.15) is 5.26 Å². The third-order valence-corrected chi connectivity index (χ3v) is 3.89. The first-order valence-corrected chi connectivity index (χ1v) is 6.54. The molecule has 0 saturated carbocycles. The lowest BCUT2D eigenvalue weighted by Crippen LogP contribution is -2.28. The molecule has 1 unspecified atom stereocenters. The van der Waals surface area contributed by atoms with E-state index in [1.54, 1.807) is 0 Å². The average Bonchev–Trinajstić information content (AvgIpc) is 2.48. The van der Waals surface area contributed by atoms with Crippen LogP contribution in [-0.2, 0) is 11.8 Å². The van der Waals surface area contributed by atoms with Gasteiger partial charge in [-0.3, -0.25) is 0 Å². The number of nitrogens with zero attached hydrogens (tertiary/aromatic N) is 1. The molecular formula is C18H15N. The van der Waals surface area contributed by atoms with Crippen molar-refractivity contribution < 1.29 is 0 Å². The van der Waals surface area contributed by atoms with Crippen LogP contribution in [0.4, 0.5) is 0 Å². The minimum atomic E-state index is -0.176. The van der Waals surface area contributed by atoms with E-state index in [-0.39, 0.29) is 5.41 Å². The fraction of sp³-hybridized carbons (Fsp3) is 0.167. The number of fused-ring (bicyclic) bond motifs is 1. The molecule has 92 valence electrons. The summed E-state index contributed by atoms with van der Waals surface area (Å²) in [7, 11) is 0. The largest absolute Gasteiger partial charge is 0.198 e. The van der Waals surface area contributed by atoms with E-state index in [1.807, 2.05) is 18.2 Å². The van der Waals surface area contributed by atoms with Gasteiger partial charge in [-0.05, 0) is 23.1 Å². The second-order valence-electron chi connectivity index (χ2n) is 5.07. The lowest BCUT2D eigenvalue weighted by atomic mass is 9.70. The smallest absolute Gasteiger partial charge is 0.0634 e. The first-order chi connectivity index (χ1) is 9.34. The van der Waals surface area contributed by atoms with Crippen molar-refractivity contribution in [1.82, 2.24) is 0 Å². The van der Waals surface area contributed by atoms with Gasteiger partial charge in [-0.1, -0.05) is 66.7 Å². The number of rotatable bonds is 2. The predicted molar refractivity (Wildman–Crippen MR) is 77.5 cm³/mol. The van der Waals surface area contributed by atoms with Crippen molar-refractivity contribution in [1.29, 1.82) is 5.26 Å². The van der Waals surface area contributed by atoms with E-state index in [0.717, 1.165) is 6.42 Å². The molecule has 1 nitrogen and oxygen atoms in total. The van der Waals surface area contributed by atoms with Crippen LogP contribution in [0, 0.1) is 11.3 Å². The Morgan fingerprint density at radius 3 is 2.53 bits per heavy atom. The highest BCUT2D eigenvalue weighted by Crippen LogP contribution is 2.38. The van der Waals surface area contributed by atoms with Gasteiger partial charge in [0.15, 0.2) is 0 Å². The molecule has 3 rings (SSSR count). The Morgan fingerprint density at radius 1 is 1.00 bits per heavy atom. The Balaban J connectivity index is 2.09. The second-order valence-corrected chi connectivity index (χ2v) is 5.07. The van der Waals surface area contributed by atoms with Gasteiger partial charge in [0.25, 0.3) is 0 Å². The predicted octanol–water partition coefficient (Wildman–Crippen LogP) is 4.11. The van der Waals surface area contributed by atoms with E-state index in [2.05, 4.69) is 54.6 Å². The summed E-state index contributed by atoms with van der Waals surface area (Å²) in [4.78, 5) is 0. The van der Waals surface area contributed by atoms with Crippen LogP contribution in [0.25, 0.3) is 6.08 Å². The molecule has 0 fully saturated rings. The lowest BCUT2D eigenvalue weighted by molar-refractivity contribution is 0.541. The summed E-state index contributed by atoms with van der Waals surface area (Å²) in [5.41, 5.74) is 3.64. The highest BCUT2D eigenvalue weighted by atomic mass is 14.4. The van der Waals surface area contributed by atoms with Crippen molar-refractivity contribution in [3.05, 3.63) is 77.4 Å². The molecule has 0 N–H and O–H groups in total. The van der Waals surface area contributed by atoms with Crippen LogP contribution in [-0.4, -0.2) is 0 Å². The van der Waals surface area contributed by atoms with Gasteiger partial charge in [-0.25, -0.2) is 0 Å². The molecule has 2 aromatic rings. The molecule has 0 saturated heterocycles. The normalized spacial score (nSPS) is 20.6. The van der Waals surface area contributed by atoms with Crippen LogP contribution in [0.15, 0.2) is 60.7 Å². The minimum Gasteiger partial charge on any atom is -0.198 e. The summed E-state index contributed by atoms with van der Waals surface area (Å²) in [6.45, 7) is 0. The summed E-state index contributed by atoms with van der Waals surface area (Å²) in [5, 5.41) is 9.21. The van der Waals surface area contributed by atoms with Gasteiger partial charge >= 0.3 is 0 Å². The van der Waals surface area contributed by atoms with Gasteiger partial charge in [0.1, 0.15) is 0 Å². The molecule has 1 aliphatic rings. The van der Waals surface area contributed by atoms with Crippen LogP contribution in [0.5, 0.6) is 0 Å². The molecule has 0 radical (unpaired) electrons. The third-order valence-electron chi connectivity index (χ3n) is 3.89. The fourth-order valence-corrected chi connectivity index (χ4v) is 2.84. The zero-order valence-electron chi connectivity index (χ0n) is 10.7. The Bertz CT molecular complexity index is 649. The summed E-state index contributed by atoms with van der Waals surface area (Å²) in [6.07, 6.45) is 5.77.